The van der Waals surface area contributed by atoms with Crippen molar-refractivity contribution in [2.45, 2.75) is 32.4 Å². The van der Waals surface area contributed by atoms with Crippen LogP contribution < -0.4 is 16.2 Å². The summed E-state index contributed by atoms with van der Waals surface area (Å²) in [6.07, 6.45) is 3.48. The zero-order valence-electron chi connectivity index (χ0n) is 16.0. The van der Waals surface area contributed by atoms with Gasteiger partial charge in [-0.15, -0.1) is 0 Å². The average Bonchev–Trinajstić information content (AvgIpc) is 2.68. The van der Waals surface area contributed by atoms with Gasteiger partial charge in [-0.3, -0.25) is 19.7 Å². The topological polar surface area (TPSA) is 74.5 Å². The van der Waals surface area contributed by atoms with Gasteiger partial charge in [0.1, 0.15) is 6.17 Å². The van der Waals surface area contributed by atoms with Crippen LogP contribution in [0.3, 0.4) is 0 Å². The van der Waals surface area contributed by atoms with Crippen molar-refractivity contribution in [2.24, 2.45) is 4.99 Å². The second-order valence-electron chi connectivity index (χ2n) is 7.29. The maximum Gasteiger partial charge on any atom is 0.257 e. The molecule has 2 aliphatic rings. The molecular formula is C20H25ClN6O. The highest BCUT2D eigenvalue weighted by Gasteiger charge is 2.26. The molecule has 1 atom stereocenters. The number of aliphatic imine (C=N–C) groups is 1. The molecule has 0 unspecified atom stereocenters. The fourth-order valence-corrected chi connectivity index (χ4v) is 3.85. The van der Waals surface area contributed by atoms with Crippen LogP contribution in [0.4, 0.5) is 5.95 Å². The lowest BCUT2D eigenvalue weighted by Crippen LogP contribution is -2.48. The van der Waals surface area contributed by atoms with E-state index in [2.05, 4.69) is 20.5 Å². The summed E-state index contributed by atoms with van der Waals surface area (Å²) < 4.78 is 1.61. The number of aromatic nitrogens is 2. The van der Waals surface area contributed by atoms with E-state index in [0.29, 0.717) is 29.2 Å². The third-order valence-electron chi connectivity index (χ3n) is 5.16. The van der Waals surface area contributed by atoms with Crippen LogP contribution in [0.25, 0.3) is 0 Å². The van der Waals surface area contributed by atoms with Gasteiger partial charge >= 0.3 is 0 Å². The van der Waals surface area contributed by atoms with E-state index in [1.54, 1.807) is 4.57 Å². The smallest absolute Gasteiger partial charge is 0.257 e. The Balaban J connectivity index is 1.59. The van der Waals surface area contributed by atoms with Gasteiger partial charge in [-0.05, 0) is 50.6 Å². The molecule has 0 radical (unpaired) electrons. The highest BCUT2D eigenvalue weighted by atomic mass is 35.5. The highest BCUT2D eigenvalue weighted by Crippen LogP contribution is 2.23. The monoisotopic (exact) mass is 400 g/mol. The summed E-state index contributed by atoms with van der Waals surface area (Å²) in [7, 11) is 0. The molecule has 2 aromatic rings. The number of hydrogen-bond acceptors (Lipinski definition) is 4. The van der Waals surface area contributed by atoms with E-state index in [4.69, 9.17) is 16.6 Å². The first-order valence-corrected chi connectivity index (χ1v) is 10.1. The summed E-state index contributed by atoms with van der Waals surface area (Å²) in [6, 6.07) is 8.99. The van der Waals surface area contributed by atoms with Gasteiger partial charge in [0.05, 0.1) is 6.54 Å². The van der Waals surface area contributed by atoms with Crippen molar-refractivity contribution in [3.05, 3.63) is 57.0 Å². The van der Waals surface area contributed by atoms with E-state index in [-0.39, 0.29) is 11.7 Å². The number of nitrogens with zero attached hydrogens (tertiary/aromatic N) is 4. The molecule has 0 saturated carbocycles. The first kappa shape index (κ1) is 19.0. The molecule has 8 heteroatoms. The molecule has 0 aliphatic carbocycles. The zero-order valence-corrected chi connectivity index (χ0v) is 16.7. The van der Waals surface area contributed by atoms with Gasteiger partial charge in [0.15, 0.2) is 5.96 Å². The number of aryl methyl sites for hydroxylation is 1. The lowest BCUT2D eigenvalue weighted by molar-refractivity contribution is 0.235. The first-order valence-electron chi connectivity index (χ1n) is 9.76. The first-order chi connectivity index (χ1) is 13.6. The highest BCUT2D eigenvalue weighted by molar-refractivity contribution is 6.30. The quantitative estimate of drug-likeness (QED) is 0.825. The van der Waals surface area contributed by atoms with Crippen molar-refractivity contribution in [1.82, 2.24) is 19.8 Å². The standard InChI is InChI=1S/C20H25ClN6O/c1-14-13-17(28)27-18(15-5-7-16(21)8-6-15)24-19(25-20(27)23-14)22-9-12-26-10-3-2-4-11-26/h5-8,13,18H,2-4,9-12H2,1H3,(H2,22,23,24,25)/t18-/m0/s1. The third-order valence-corrected chi connectivity index (χ3v) is 5.41. The van der Waals surface area contributed by atoms with Gasteiger partial charge in [0.25, 0.3) is 5.56 Å². The minimum absolute atomic E-state index is 0.116. The predicted octanol–water partition coefficient (Wildman–Crippen LogP) is 2.61. The van der Waals surface area contributed by atoms with Crippen molar-refractivity contribution >= 4 is 23.5 Å². The van der Waals surface area contributed by atoms with Crippen LogP contribution in [0.2, 0.25) is 5.02 Å². The van der Waals surface area contributed by atoms with Crippen molar-refractivity contribution in [3.63, 3.8) is 0 Å². The van der Waals surface area contributed by atoms with E-state index >= 15 is 0 Å². The summed E-state index contributed by atoms with van der Waals surface area (Å²) in [5.74, 6) is 1.13. The van der Waals surface area contributed by atoms with Crippen LogP contribution in [0.15, 0.2) is 40.1 Å². The summed E-state index contributed by atoms with van der Waals surface area (Å²) in [5.41, 5.74) is 1.48. The molecule has 1 aromatic carbocycles. The van der Waals surface area contributed by atoms with E-state index in [9.17, 15) is 4.79 Å². The summed E-state index contributed by atoms with van der Waals surface area (Å²) in [4.78, 5) is 24.3. The van der Waals surface area contributed by atoms with Gasteiger partial charge in [-0.2, -0.15) is 0 Å². The molecule has 7 nitrogen and oxygen atoms in total. The molecule has 28 heavy (non-hydrogen) atoms. The maximum absolute atomic E-state index is 12.6. The largest absolute Gasteiger partial charge is 0.331 e. The normalized spacial score (nSPS) is 21.1. The molecule has 1 saturated heterocycles. The molecule has 4 rings (SSSR count). The van der Waals surface area contributed by atoms with E-state index < -0.39 is 0 Å². The Labute approximate surface area is 169 Å². The SMILES string of the molecule is Cc1cc(=O)n2c(n1)NC(=NCCN1CCCCC1)N[C@@H]2c1ccc(Cl)cc1. The Bertz CT molecular complexity index is 917. The van der Waals surface area contributed by atoms with E-state index in [1.165, 1.54) is 25.3 Å². The van der Waals surface area contributed by atoms with Crippen molar-refractivity contribution in [2.75, 3.05) is 31.5 Å². The summed E-state index contributed by atoms with van der Waals surface area (Å²) in [5, 5.41) is 7.17. The molecular weight excluding hydrogens is 376 g/mol. The van der Waals surface area contributed by atoms with E-state index in [0.717, 1.165) is 25.2 Å². The fourth-order valence-electron chi connectivity index (χ4n) is 3.73. The molecule has 1 fully saturated rings. The number of anilines is 1. The molecule has 2 N–H and O–H groups in total. The number of fused-ring (bicyclic) bond motifs is 1. The van der Waals surface area contributed by atoms with Crippen LogP contribution in [0.5, 0.6) is 0 Å². The summed E-state index contributed by atoms with van der Waals surface area (Å²) in [6.45, 7) is 5.75. The minimum atomic E-state index is -0.386. The number of rotatable bonds is 4. The van der Waals surface area contributed by atoms with Crippen LogP contribution in [-0.2, 0) is 0 Å². The van der Waals surface area contributed by atoms with Gasteiger partial charge in [0, 0.05) is 23.3 Å². The lowest BCUT2D eigenvalue weighted by Gasteiger charge is -2.31. The Kier molecular flexibility index (Phi) is 5.64. The van der Waals surface area contributed by atoms with Crippen LogP contribution >= 0.6 is 11.6 Å². The molecule has 0 amide bonds. The Morgan fingerprint density at radius 1 is 1.21 bits per heavy atom. The number of benzene rings is 1. The molecule has 148 valence electrons. The number of piperidine rings is 1. The Morgan fingerprint density at radius 2 is 1.96 bits per heavy atom. The zero-order chi connectivity index (χ0) is 19.5. The van der Waals surface area contributed by atoms with Crippen molar-refractivity contribution in [1.29, 1.82) is 0 Å². The van der Waals surface area contributed by atoms with Gasteiger partial charge in [-0.1, -0.05) is 30.2 Å². The molecule has 0 spiro atoms. The lowest BCUT2D eigenvalue weighted by atomic mass is 10.1. The molecule has 3 heterocycles. The number of likely N-dealkylation sites (tertiary alicyclic amines) is 1. The van der Waals surface area contributed by atoms with Crippen molar-refractivity contribution < 1.29 is 0 Å². The molecule has 2 aliphatic heterocycles. The Hall–Kier alpha value is -2.38. The summed E-state index contributed by atoms with van der Waals surface area (Å²) >= 11 is 6.03. The van der Waals surface area contributed by atoms with Gasteiger partial charge < -0.3 is 10.2 Å². The van der Waals surface area contributed by atoms with E-state index in [1.807, 2.05) is 31.2 Å². The second kappa shape index (κ2) is 8.32. The number of guanidine groups is 1. The maximum atomic E-state index is 12.6. The van der Waals surface area contributed by atoms with Crippen LogP contribution in [0.1, 0.15) is 36.7 Å². The van der Waals surface area contributed by atoms with Gasteiger partial charge in [-0.25, -0.2) is 4.98 Å². The number of halogens is 1. The van der Waals surface area contributed by atoms with Crippen LogP contribution in [-0.4, -0.2) is 46.6 Å². The number of hydrogen-bond donors (Lipinski definition) is 2. The van der Waals surface area contributed by atoms with Crippen molar-refractivity contribution in [3.8, 4) is 0 Å². The molecule has 0 bridgehead atoms. The average molecular weight is 401 g/mol. The number of nitrogens with one attached hydrogen (secondary N) is 2. The second-order valence-corrected chi connectivity index (χ2v) is 7.72. The Morgan fingerprint density at radius 3 is 2.71 bits per heavy atom. The fraction of sp³-hybridized carbons (Fsp3) is 0.450. The predicted molar refractivity (Wildman–Crippen MR) is 112 cm³/mol. The van der Waals surface area contributed by atoms with Gasteiger partial charge in [0.2, 0.25) is 5.95 Å². The van der Waals surface area contributed by atoms with Crippen LogP contribution in [0, 0.1) is 6.92 Å². The third kappa shape index (κ3) is 4.20. The minimum Gasteiger partial charge on any atom is -0.331 e. The molecule has 1 aromatic heterocycles.